The van der Waals surface area contributed by atoms with Gasteiger partial charge in [0.25, 0.3) is 5.72 Å². The van der Waals surface area contributed by atoms with Gasteiger partial charge in [-0.15, -0.1) is 0 Å². The maximum atomic E-state index is 13.0. The summed E-state index contributed by atoms with van der Waals surface area (Å²) in [4.78, 5) is 49.2. The van der Waals surface area contributed by atoms with Crippen molar-refractivity contribution in [3.63, 3.8) is 0 Å². The Labute approximate surface area is 223 Å². The number of nitrogens with two attached hydrogens (primary N) is 1. The molecule has 1 rings (SSSR count). The topological polar surface area (TPSA) is 159 Å². The lowest BCUT2D eigenvalue weighted by molar-refractivity contribution is -0.170. The van der Waals surface area contributed by atoms with Crippen LogP contribution < -0.4 is 15.2 Å². The molecule has 1 unspecified atom stereocenters. The van der Waals surface area contributed by atoms with Gasteiger partial charge >= 0.3 is 24.4 Å². The number of benzene rings is 1. The molecule has 38 heavy (non-hydrogen) atoms. The molecule has 2 atom stereocenters. The molecular weight excluding hydrogens is 502 g/mol. The molecule has 12 heteroatoms. The molecule has 0 radical (unpaired) electrons. The average molecular weight is 542 g/mol. The Bertz CT molecular complexity index is 920. The fourth-order valence-electron chi connectivity index (χ4n) is 3.15. The normalized spacial score (nSPS) is 12.9. The lowest BCUT2D eigenvalue weighted by Crippen LogP contribution is -2.56. The van der Waals surface area contributed by atoms with Gasteiger partial charge in [0.15, 0.2) is 11.5 Å². The van der Waals surface area contributed by atoms with Crippen molar-refractivity contribution in [2.75, 3.05) is 26.4 Å². The van der Waals surface area contributed by atoms with Crippen molar-refractivity contribution in [1.29, 1.82) is 0 Å². The molecule has 0 amide bonds. The molecule has 0 aliphatic carbocycles. The summed E-state index contributed by atoms with van der Waals surface area (Å²) >= 11 is 0. The van der Waals surface area contributed by atoms with Crippen LogP contribution in [0.5, 0.6) is 11.5 Å². The fourth-order valence-corrected chi connectivity index (χ4v) is 3.15. The molecule has 2 N–H and O–H groups in total. The van der Waals surface area contributed by atoms with Gasteiger partial charge in [-0.25, -0.2) is 19.2 Å². The van der Waals surface area contributed by atoms with Crippen LogP contribution in [0.2, 0.25) is 0 Å². The largest absolute Gasteiger partial charge is 0.513 e. The van der Waals surface area contributed by atoms with E-state index >= 15 is 0 Å². The highest BCUT2D eigenvalue weighted by atomic mass is 16.8. The first-order valence-electron chi connectivity index (χ1n) is 12.8. The van der Waals surface area contributed by atoms with E-state index in [9.17, 15) is 19.2 Å². The summed E-state index contributed by atoms with van der Waals surface area (Å²) in [6.07, 6.45) is 0.806. The van der Waals surface area contributed by atoms with Crippen LogP contribution in [-0.4, -0.2) is 56.6 Å². The standard InChI is InChI=1S/C26H39NO11/c1-6-10-11-12-16-35-25(31)38-26(27,22(28)34-15-7-2)18(5)19-13-14-20(36-23(29)32-8-3)21(17-19)37-24(30)33-9-4/h13-14,17-18H,6-12,15-16,27H2,1-5H3/t18?,26-/m1/s1. The summed E-state index contributed by atoms with van der Waals surface area (Å²) in [6.45, 7) is 8.78. The van der Waals surface area contributed by atoms with Gasteiger partial charge in [-0.3, -0.25) is 5.73 Å². The zero-order valence-electron chi connectivity index (χ0n) is 22.7. The Morgan fingerprint density at radius 2 is 1.39 bits per heavy atom. The van der Waals surface area contributed by atoms with Crippen LogP contribution >= 0.6 is 0 Å². The van der Waals surface area contributed by atoms with E-state index in [1.165, 1.54) is 25.1 Å². The number of carbonyl (C=O) groups is 4. The van der Waals surface area contributed by atoms with Crippen LogP contribution in [0.25, 0.3) is 0 Å². The number of carbonyl (C=O) groups excluding carboxylic acids is 4. The summed E-state index contributed by atoms with van der Waals surface area (Å²) in [5, 5.41) is 0. The van der Waals surface area contributed by atoms with E-state index in [4.69, 9.17) is 38.9 Å². The van der Waals surface area contributed by atoms with E-state index in [-0.39, 0.29) is 43.5 Å². The van der Waals surface area contributed by atoms with E-state index in [0.29, 0.717) is 12.8 Å². The average Bonchev–Trinajstić information content (AvgIpc) is 2.87. The first-order chi connectivity index (χ1) is 18.1. The summed E-state index contributed by atoms with van der Waals surface area (Å²) in [6, 6.07) is 4.05. The van der Waals surface area contributed by atoms with Crippen LogP contribution in [0.15, 0.2) is 18.2 Å². The Hall–Kier alpha value is -3.54. The molecule has 0 aromatic heterocycles. The van der Waals surface area contributed by atoms with Gasteiger partial charge in [-0.05, 0) is 44.4 Å². The quantitative estimate of drug-likeness (QED) is 0.102. The molecule has 0 heterocycles. The maximum absolute atomic E-state index is 13.0. The molecule has 1 aromatic rings. The number of unbranched alkanes of at least 4 members (excludes halogenated alkanes) is 3. The van der Waals surface area contributed by atoms with E-state index in [1.54, 1.807) is 20.8 Å². The molecule has 0 aliphatic heterocycles. The van der Waals surface area contributed by atoms with Crippen molar-refractivity contribution in [3.8, 4) is 11.5 Å². The monoisotopic (exact) mass is 541 g/mol. The predicted molar refractivity (Wildman–Crippen MR) is 135 cm³/mol. The Morgan fingerprint density at radius 1 is 0.763 bits per heavy atom. The highest BCUT2D eigenvalue weighted by Gasteiger charge is 2.47. The van der Waals surface area contributed by atoms with Crippen LogP contribution in [0.4, 0.5) is 14.4 Å². The minimum absolute atomic E-state index is 0.0343. The van der Waals surface area contributed by atoms with E-state index in [1.807, 2.05) is 0 Å². The Morgan fingerprint density at radius 3 is 1.97 bits per heavy atom. The number of esters is 1. The predicted octanol–water partition coefficient (Wildman–Crippen LogP) is 5.20. The van der Waals surface area contributed by atoms with Crippen LogP contribution in [0.3, 0.4) is 0 Å². The highest BCUT2D eigenvalue weighted by Crippen LogP contribution is 2.36. The third-order valence-corrected chi connectivity index (χ3v) is 5.25. The zero-order valence-corrected chi connectivity index (χ0v) is 22.7. The first-order valence-corrected chi connectivity index (χ1v) is 12.8. The molecule has 214 valence electrons. The smallest absolute Gasteiger partial charge is 0.462 e. The van der Waals surface area contributed by atoms with Crippen molar-refractivity contribution >= 4 is 24.4 Å². The van der Waals surface area contributed by atoms with Crippen molar-refractivity contribution in [2.24, 2.45) is 5.73 Å². The fraction of sp³-hybridized carbons (Fsp3) is 0.615. The molecule has 0 fully saturated rings. The number of hydrogen-bond donors (Lipinski definition) is 1. The highest BCUT2D eigenvalue weighted by molar-refractivity contribution is 5.83. The van der Waals surface area contributed by atoms with E-state index in [0.717, 1.165) is 19.3 Å². The number of ether oxygens (including phenoxy) is 7. The van der Waals surface area contributed by atoms with Crippen LogP contribution in [0, 0.1) is 0 Å². The van der Waals surface area contributed by atoms with Crippen molar-refractivity contribution < 1.29 is 52.3 Å². The number of rotatable bonds is 15. The summed E-state index contributed by atoms with van der Waals surface area (Å²) < 4.78 is 35.5. The van der Waals surface area contributed by atoms with Gasteiger partial charge in [0.1, 0.15) is 0 Å². The molecule has 0 bridgehead atoms. The second-order valence-electron chi connectivity index (χ2n) is 8.19. The molecule has 0 aliphatic rings. The second kappa shape index (κ2) is 17.1. The lowest BCUT2D eigenvalue weighted by Gasteiger charge is -2.32. The van der Waals surface area contributed by atoms with Gasteiger partial charge in [0, 0.05) is 5.92 Å². The van der Waals surface area contributed by atoms with Crippen LogP contribution in [-0.2, 0) is 28.5 Å². The molecule has 0 spiro atoms. The lowest BCUT2D eigenvalue weighted by atomic mass is 9.90. The van der Waals surface area contributed by atoms with Crippen LogP contribution in [0.1, 0.15) is 78.2 Å². The molecule has 0 saturated carbocycles. The summed E-state index contributed by atoms with van der Waals surface area (Å²) in [5.41, 5.74) is 4.33. The summed E-state index contributed by atoms with van der Waals surface area (Å²) in [5.74, 6) is -2.39. The maximum Gasteiger partial charge on any atom is 0.513 e. The molecule has 1 aromatic carbocycles. The van der Waals surface area contributed by atoms with Crippen molar-refractivity contribution in [2.45, 2.75) is 78.4 Å². The number of hydrogen-bond acceptors (Lipinski definition) is 12. The van der Waals surface area contributed by atoms with E-state index in [2.05, 4.69) is 6.92 Å². The summed E-state index contributed by atoms with van der Waals surface area (Å²) in [7, 11) is 0. The van der Waals surface area contributed by atoms with Gasteiger partial charge < -0.3 is 33.2 Å². The zero-order chi connectivity index (χ0) is 28.6. The van der Waals surface area contributed by atoms with Gasteiger partial charge in [-0.1, -0.05) is 46.1 Å². The Balaban J connectivity index is 3.28. The SMILES string of the molecule is CCCCCCOC(=O)O[C@@](N)(C(=O)OCCC)C(C)c1ccc(OC(=O)OCC)c(OC(=O)OCC)c1. The molecule has 0 saturated heterocycles. The van der Waals surface area contributed by atoms with Crippen molar-refractivity contribution in [1.82, 2.24) is 0 Å². The minimum Gasteiger partial charge on any atom is -0.462 e. The minimum atomic E-state index is -2.29. The second-order valence-corrected chi connectivity index (χ2v) is 8.19. The third kappa shape index (κ3) is 10.4. The molecular formula is C26H39NO11. The van der Waals surface area contributed by atoms with Gasteiger partial charge in [0.2, 0.25) is 0 Å². The van der Waals surface area contributed by atoms with Gasteiger partial charge in [0.05, 0.1) is 26.4 Å². The van der Waals surface area contributed by atoms with Crippen molar-refractivity contribution in [3.05, 3.63) is 23.8 Å². The first kappa shape index (κ1) is 32.5. The third-order valence-electron chi connectivity index (χ3n) is 5.25. The Kier molecular flexibility index (Phi) is 14.6. The molecule has 12 nitrogen and oxygen atoms in total. The van der Waals surface area contributed by atoms with Gasteiger partial charge in [-0.2, -0.15) is 0 Å². The van der Waals surface area contributed by atoms with E-state index < -0.39 is 36.1 Å².